The van der Waals surface area contributed by atoms with Crippen molar-refractivity contribution in [3.8, 4) is 23.0 Å². The fourth-order valence-corrected chi connectivity index (χ4v) is 7.53. The fourth-order valence-electron chi connectivity index (χ4n) is 7.13. The number of ether oxygens (including phenoxy) is 4. The average Bonchev–Trinajstić information content (AvgIpc) is 2.87. The summed E-state index contributed by atoms with van der Waals surface area (Å²) in [6.07, 6.45) is 8.72. The quantitative estimate of drug-likeness (QED) is 0.276. The van der Waals surface area contributed by atoms with E-state index in [2.05, 4.69) is 0 Å². The van der Waals surface area contributed by atoms with Gasteiger partial charge in [-0.2, -0.15) is 0 Å². The molecule has 2 aliphatic carbocycles. The Morgan fingerprint density at radius 3 is 1.87 bits per heavy atom. The molecule has 9 heteroatoms. The van der Waals surface area contributed by atoms with Crippen LogP contribution in [-0.2, 0) is 25.4 Å². The molecule has 39 heavy (non-hydrogen) atoms. The van der Waals surface area contributed by atoms with E-state index in [0.717, 1.165) is 56.9 Å². The number of carbonyl (C=O) groups excluding carboxylic acids is 3. The van der Waals surface area contributed by atoms with Crippen molar-refractivity contribution >= 4 is 41.1 Å². The van der Waals surface area contributed by atoms with Crippen LogP contribution in [0, 0.1) is 5.92 Å². The van der Waals surface area contributed by atoms with Gasteiger partial charge in [0.1, 0.15) is 17.1 Å². The van der Waals surface area contributed by atoms with Crippen LogP contribution in [0.5, 0.6) is 23.0 Å². The fraction of sp³-hybridized carbons (Fsp3) is 0.500. The first-order valence-electron chi connectivity index (χ1n) is 13.5. The zero-order chi connectivity index (χ0) is 27.9. The van der Waals surface area contributed by atoms with E-state index in [1.54, 1.807) is 12.1 Å². The van der Waals surface area contributed by atoms with E-state index >= 15 is 0 Å². The van der Waals surface area contributed by atoms with Crippen molar-refractivity contribution in [3.05, 3.63) is 45.4 Å². The smallest absolute Gasteiger partial charge is 0.308 e. The number of rotatable bonds is 4. The Morgan fingerprint density at radius 1 is 0.718 bits per heavy atom. The number of benzene rings is 2. The first-order chi connectivity index (χ1) is 18.6. The number of esters is 3. The lowest BCUT2D eigenvalue weighted by atomic mass is 9.51. The highest BCUT2D eigenvalue weighted by Crippen LogP contribution is 2.65. The van der Waals surface area contributed by atoms with Gasteiger partial charge < -0.3 is 18.9 Å². The Hall–Kier alpha value is -2.77. The summed E-state index contributed by atoms with van der Waals surface area (Å²) in [5.74, 6) is -0.275. The Morgan fingerprint density at radius 2 is 1.26 bits per heavy atom. The lowest BCUT2D eigenvalue weighted by Gasteiger charge is -2.59. The molecule has 0 amide bonds. The maximum Gasteiger partial charge on any atom is 0.308 e. The minimum atomic E-state index is -0.882. The van der Waals surface area contributed by atoms with E-state index in [4.69, 9.17) is 42.1 Å². The number of hydrogen-bond acceptors (Lipinski definition) is 7. The third-order valence-electron chi connectivity index (χ3n) is 8.38. The second-order valence-electron chi connectivity index (χ2n) is 10.8. The molecule has 0 aromatic heterocycles. The van der Waals surface area contributed by atoms with Crippen molar-refractivity contribution in [2.75, 3.05) is 0 Å². The van der Waals surface area contributed by atoms with Gasteiger partial charge in [0.25, 0.3) is 0 Å². The maximum absolute atomic E-state index is 12.2. The summed E-state index contributed by atoms with van der Waals surface area (Å²) in [4.78, 5) is 35.8. The van der Waals surface area contributed by atoms with Gasteiger partial charge in [0.05, 0.1) is 10.0 Å². The average molecular weight is 575 g/mol. The van der Waals surface area contributed by atoms with Gasteiger partial charge in [0, 0.05) is 55.4 Å². The van der Waals surface area contributed by atoms with Crippen LogP contribution >= 0.6 is 23.2 Å². The summed E-state index contributed by atoms with van der Waals surface area (Å²) < 4.78 is 23.5. The zero-order valence-electron chi connectivity index (χ0n) is 22.4. The molecular formula is C30H32Cl2O7. The van der Waals surface area contributed by atoms with Gasteiger partial charge in [0.15, 0.2) is 11.5 Å². The molecule has 0 N–H and O–H groups in total. The topological polar surface area (TPSA) is 88.1 Å². The molecule has 0 saturated heterocycles. The van der Waals surface area contributed by atoms with Gasteiger partial charge in [-0.3, -0.25) is 14.4 Å². The third kappa shape index (κ3) is 5.00. The van der Waals surface area contributed by atoms with Crippen LogP contribution in [0.3, 0.4) is 0 Å². The Bertz CT molecular complexity index is 1330. The first-order valence-corrected chi connectivity index (χ1v) is 14.2. The van der Waals surface area contributed by atoms with Gasteiger partial charge in [-0.1, -0.05) is 48.9 Å². The second-order valence-corrected chi connectivity index (χ2v) is 11.7. The zero-order valence-corrected chi connectivity index (χ0v) is 23.9. The molecule has 1 aliphatic heterocycles. The minimum absolute atomic E-state index is 0.0483. The van der Waals surface area contributed by atoms with Crippen molar-refractivity contribution in [1.29, 1.82) is 0 Å². The molecule has 0 bridgehead atoms. The van der Waals surface area contributed by atoms with Gasteiger partial charge in [0.2, 0.25) is 0 Å². The molecule has 7 nitrogen and oxygen atoms in total. The van der Waals surface area contributed by atoms with Crippen LogP contribution in [-0.4, -0.2) is 17.9 Å². The highest BCUT2D eigenvalue weighted by atomic mass is 35.5. The summed E-state index contributed by atoms with van der Waals surface area (Å²) in [6.45, 7) is 3.94. The molecule has 1 spiro atoms. The van der Waals surface area contributed by atoms with E-state index in [0.29, 0.717) is 22.8 Å². The molecule has 1 heterocycles. The molecule has 2 unspecified atom stereocenters. The molecule has 5 rings (SSSR count). The SMILES string of the molecule is CC(=O)Oc1cc2c(cc1Cl)C1(CCCCC1)C1CCCCC1(c1cc(Cl)c(OC(C)=O)cc1OC(C)=O)O2. The van der Waals surface area contributed by atoms with Gasteiger partial charge in [-0.15, -0.1) is 0 Å². The van der Waals surface area contributed by atoms with Crippen LogP contribution in [0.4, 0.5) is 0 Å². The standard InChI is InChI=1S/C30H32Cl2O7/c1-17(33)36-24-15-26(37-18(2)34)23(32)14-21(24)30-12-8-5-9-28(30)29(10-6-4-7-11-29)20-13-22(31)27(38-19(3)35)16-25(20)39-30/h13-16,28H,4-12H2,1-3H3. The molecule has 2 saturated carbocycles. The third-order valence-corrected chi connectivity index (χ3v) is 8.97. The van der Waals surface area contributed by atoms with E-state index in [1.165, 1.54) is 26.8 Å². The van der Waals surface area contributed by atoms with Crippen LogP contribution in [0.2, 0.25) is 10.0 Å². The van der Waals surface area contributed by atoms with Crippen molar-refractivity contribution < 1.29 is 33.3 Å². The normalized spacial score (nSPS) is 23.2. The number of fused-ring (bicyclic) bond motifs is 4. The number of hydrogen-bond donors (Lipinski definition) is 0. The molecule has 2 atom stereocenters. The predicted octanol–water partition coefficient (Wildman–Crippen LogP) is 7.45. The molecular weight excluding hydrogens is 543 g/mol. The Labute approximate surface area is 238 Å². The first kappa shape index (κ1) is 27.8. The molecule has 3 aliphatic rings. The highest BCUT2D eigenvalue weighted by molar-refractivity contribution is 6.32. The number of halogens is 2. The molecule has 2 aromatic carbocycles. The lowest BCUT2D eigenvalue weighted by molar-refractivity contribution is -0.133. The van der Waals surface area contributed by atoms with Crippen LogP contribution in [0.1, 0.15) is 89.7 Å². The largest absolute Gasteiger partial charge is 0.482 e. The van der Waals surface area contributed by atoms with Crippen LogP contribution in [0.15, 0.2) is 24.3 Å². The minimum Gasteiger partial charge on any atom is -0.482 e. The Kier molecular flexibility index (Phi) is 7.59. The van der Waals surface area contributed by atoms with Crippen LogP contribution in [0.25, 0.3) is 0 Å². The van der Waals surface area contributed by atoms with Crippen molar-refractivity contribution in [3.63, 3.8) is 0 Å². The second kappa shape index (κ2) is 10.7. The summed E-state index contributed by atoms with van der Waals surface area (Å²) in [6, 6.07) is 6.82. The summed E-state index contributed by atoms with van der Waals surface area (Å²) in [5.41, 5.74) is 0.553. The molecule has 0 radical (unpaired) electrons. The van der Waals surface area contributed by atoms with E-state index < -0.39 is 23.5 Å². The van der Waals surface area contributed by atoms with Gasteiger partial charge >= 0.3 is 17.9 Å². The monoisotopic (exact) mass is 574 g/mol. The molecule has 2 aromatic rings. The number of carbonyl (C=O) groups is 3. The van der Waals surface area contributed by atoms with E-state index in [9.17, 15) is 14.4 Å². The summed E-state index contributed by atoms with van der Waals surface area (Å²) >= 11 is 13.3. The highest BCUT2D eigenvalue weighted by Gasteiger charge is 2.60. The van der Waals surface area contributed by atoms with Gasteiger partial charge in [-0.25, -0.2) is 0 Å². The lowest BCUT2D eigenvalue weighted by Crippen LogP contribution is -2.57. The van der Waals surface area contributed by atoms with Crippen molar-refractivity contribution in [1.82, 2.24) is 0 Å². The molecule has 208 valence electrons. The predicted molar refractivity (Wildman–Crippen MR) is 146 cm³/mol. The van der Waals surface area contributed by atoms with Crippen molar-refractivity contribution in [2.24, 2.45) is 5.92 Å². The maximum atomic E-state index is 12.2. The Balaban J connectivity index is 1.76. The van der Waals surface area contributed by atoms with E-state index in [-0.39, 0.29) is 33.6 Å². The summed E-state index contributed by atoms with van der Waals surface area (Å²) in [5, 5.41) is 0.591. The summed E-state index contributed by atoms with van der Waals surface area (Å²) in [7, 11) is 0. The van der Waals surface area contributed by atoms with Gasteiger partial charge in [-0.05, 0) is 44.2 Å². The van der Waals surface area contributed by atoms with Crippen LogP contribution < -0.4 is 18.9 Å². The molecule has 2 fully saturated rings. The van der Waals surface area contributed by atoms with Crippen molar-refractivity contribution in [2.45, 2.75) is 89.6 Å². The van der Waals surface area contributed by atoms with E-state index in [1.807, 2.05) is 6.07 Å².